The molecule has 0 aliphatic heterocycles. The van der Waals surface area contributed by atoms with Crippen molar-refractivity contribution in [3.05, 3.63) is 82.8 Å². The standard InChI is InChI=1S/C20H16N6O3/c1-13-10-11-14-6-5-9-16(17(14)23-13)29-20-18(26(27)28)19(21-12-22-20)25-24-15-7-3-2-4-8-15/h2-12,24H,1H3,(H,21,22,25). The second-order valence-electron chi connectivity index (χ2n) is 6.13. The summed E-state index contributed by atoms with van der Waals surface area (Å²) in [4.78, 5) is 23.6. The highest BCUT2D eigenvalue weighted by Crippen LogP contribution is 2.36. The topological polar surface area (TPSA) is 115 Å². The summed E-state index contributed by atoms with van der Waals surface area (Å²) in [5, 5.41) is 12.6. The molecule has 29 heavy (non-hydrogen) atoms. The van der Waals surface area contributed by atoms with Gasteiger partial charge in [-0.2, -0.15) is 4.98 Å². The van der Waals surface area contributed by atoms with Crippen molar-refractivity contribution in [1.29, 1.82) is 0 Å². The van der Waals surface area contributed by atoms with Gasteiger partial charge in [0.05, 0.1) is 10.6 Å². The van der Waals surface area contributed by atoms with Gasteiger partial charge >= 0.3 is 11.6 Å². The second-order valence-corrected chi connectivity index (χ2v) is 6.13. The summed E-state index contributed by atoms with van der Waals surface area (Å²) >= 11 is 0. The van der Waals surface area contributed by atoms with E-state index in [0.29, 0.717) is 11.3 Å². The first-order valence-corrected chi connectivity index (χ1v) is 8.72. The van der Waals surface area contributed by atoms with Gasteiger partial charge in [-0.3, -0.25) is 21.0 Å². The van der Waals surface area contributed by atoms with Crippen molar-refractivity contribution >= 4 is 28.1 Å². The largest absolute Gasteiger partial charge is 0.431 e. The minimum Gasteiger partial charge on any atom is -0.431 e. The lowest BCUT2D eigenvalue weighted by atomic mass is 10.2. The molecule has 0 bridgehead atoms. The molecular formula is C20H16N6O3. The molecule has 0 aliphatic carbocycles. The maximum absolute atomic E-state index is 11.7. The minimum atomic E-state index is -0.589. The number of para-hydroxylation sites is 2. The Morgan fingerprint density at radius 1 is 0.966 bits per heavy atom. The fourth-order valence-electron chi connectivity index (χ4n) is 2.75. The third kappa shape index (κ3) is 3.88. The van der Waals surface area contributed by atoms with Crippen LogP contribution >= 0.6 is 0 Å². The predicted molar refractivity (Wildman–Crippen MR) is 109 cm³/mol. The zero-order valence-electron chi connectivity index (χ0n) is 15.4. The molecule has 2 N–H and O–H groups in total. The van der Waals surface area contributed by atoms with Crippen molar-refractivity contribution in [3.8, 4) is 11.6 Å². The van der Waals surface area contributed by atoms with Crippen LogP contribution in [0.3, 0.4) is 0 Å². The van der Waals surface area contributed by atoms with Crippen LogP contribution in [0.2, 0.25) is 0 Å². The molecule has 4 rings (SSSR count). The number of nitrogens with zero attached hydrogens (tertiary/aromatic N) is 4. The minimum absolute atomic E-state index is 0.0202. The highest BCUT2D eigenvalue weighted by atomic mass is 16.6. The van der Waals surface area contributed by atoms with Crippen LogP contribution < -0.4 is 15.6 Å². The molecular weight excluding hydrogens is 372 g/mol. The van der Waals surface area contributed by atoms with Gasteiger partial charge in [-0.15, -0.1) is 0 Å². The van der Waals surface area contributed by atoms with Crippen LogP contribution in [0.25, 0.3) is 10.9 Å². The van der Waals surface area contributed by atoms with Crippen molar-refractivity contribution in [2.24, 2.45) is 0 Å². The van der Waals surface area contributed by atoms with E-state index in [2.05, 4.69) is 25.8 Å². The summed E-state index contributed by atoms with van der Waals surface area (Å²) in [5.74, 6) is 0.168. The van der Waals surface area contributed by atoms with Crippen molar-refractivity contribution in [2.45, 2.75) is 6.92 Å². The van der Waals surface area contributed by atoms with Gasteiger partial charge in [0.25, 0.3) is 0 Å². The average molecular weight is 388 g/mol. The zero-order chi connectivity index (χ0) is 20.2. The van der Waals surface area contributed by atoms with Crippen molar-refractivity contribution in [1.82, 2.24) is 15.0 Å². The van der Waals surface area contributed by atoms with Gasteiger partial charge in [0, 0.05) is 11.1 Å². The van der Waals surface area contributed by atoms with Crippen LogP contribution in [-0.4, -0.2) is 19.9 Å². The van der Waals surface area contributed by atoms with Crippen LogP contribution in [0.5, 0.6) is 11.6 Å². The summed E-state index contributed by atoms with van der Waals surface area (Å²) in [6.07, 6.45) is 1.20. The first-order chi connectivity index (χ1) is 14.1. The molecule has 0 amide bonds. The number of aryl methyl sites for hydroxylation is 1. The van der Waals surface area contributed by atoms with Crippen molar-refractivity contribution in [3.63, 3.8) is 0 Å². The van der Waals surface area contributed by atoms with Gasteiger partial charge in [0.2, 0.25) is 5.82 Å². The van der Waals surface area contributed by atoms with Gasteiger partial charge in [-0.05, 0) is 31.2 Å². The number of pyridine rings is 1. The lowest BCUT2D eigenvalue weighted by Crippen LogP contribution is -2.12. The van der Waals surface area contributed by atoms with Crippen molar-refractivity contribution < 1.29 is 9.66 Å². The Morgan fingerprint density at radius 3 is 2.59 bits per heavy atom. The Bertz CT molecular complexity index is 1180. The van der Waals surface area contributed by atoms with E-state index in [0.717, 1.165) is 16.8 Å². The monoisotopic (exact) mass is 388 g/mol. The third-order valence-corrected chi connectivity index (χ3v) is 4.10. The number of rotatable bonds is 6. The molecule has 9 nitrogen and oxygen atoms in total. The number of ether oxygens (including phenoxy) is 1. The highest BCUT2D eigenvalue weighted by Gasteiger charge is 2.25. The third-order valence-electron chi connectivity index (χ3n) is 4.10. The van der Waals surface area contributed by atoms with E-state index in [1.807, 2.05) is 55.5 Å². The van der Waals surface area contributed by atoms with Crippen LogP contribution in [0.1, 0.15) is 5.69 Å². The fourth-order valence-corrected chi connectivity index (χ4v) is 2.75. The molecule has 9 heteroatoms. The second kappa shape index (κ2) is 7.77. The van der Waals surface area contributed by atoms with E-state index in [1.54, 1.807) is 12.1 Å². The molecule has 0 radical (unpaired) electrons. The molecule has 4 aromatic rings. The summed E-state index contributed by atoms with van der Waals surface area (Å²) in [5.41, 5.74) is 7.35. The van der Waals surface area contributed by atoms with Gasteiger partial charge in [0.15, 0.2) is 5.75 Å². The van der Waals surface area contributed by atoms with Gasteiger partial charge < -0.3 is 4.74 Å². The maximum atomic E-state index is 11.7. The number of hydrazine groups is 1. The van der Waals surface area contributed by atoms with E-state index < -0.39 is 4.92 Å². The molecule has 0 aliphatic rings. The average Bonchev–Trinajstić information content (AvgIpc) is 2.73. The first kappa shape index (κ1) is 18.1. The molecule has 0 saturated carbocycles. The van der Waals surface area contributed by atoms with Gasteiger partial charge in [-0.1, -0.05) is 36.4 Å². The number of aromatic nitrogens is 3. The number of hydrogen-bond acceptors (Lipinski definition) is 8. The first-order valence-electron chi connectivity index (χ1n) is 8.72. The molecule has 0 spiro atoms. The quantitative estimate of drug-likeness (QED) is 0.367. The Kier molecular flexibility index (Phi) is 4.85. The molecule has 144 valence electrons. The normalized spacial score (nSPS) is 10.5. The van der Waals surface area contributed by atoms with Crippen molar-refractivity contribution in [2.75, 3.05) is 10.9 Å². The zero-order valence-corrected chi connectivity index (χ0v) is 15.4. The van der Waals surface area contributed by atoms with E-state index in [1.165, 1.54) is 6.33 Å². The van der Waals surface area contributed by atoms with Gasteiger partial charge in [0.1, 0.15) is 11.8 Å². The Morgan fingerprint density at radius 2 is 1.79 bits per heavy atom. The summed E-state index contributed by atoms with van der Waals surface area (Å²) in [6.45, 7) is 1.86. The molecule has 0 unspecified atom stereocenters. The Labute approximate surface area is 165 Å². The van der Waals surface area contributed by atoms with Crippen LogP contribution in [0.15, 0.2) is 67.0 Å². The number of anilines is 2. The van der Waals surface area contributed by atoms with Crippen LogP contribution in [0.4, 0.5) is 17.2 Å². The summed E-state index contributed by atoms with van der Waals surface area (Å²) < 4.78 is 5.81. The van der Waals surface area contributed by atoms with E-state index in [4.69, 9.17) is 4.74 Å². The van der Waals surface area contributed by atoms with E-state index in [-0.39, 0.29) is 17.4 Å². The molecule has 0 atom stereocenters. The number of nitrogens with one attached hydrogen (secondary N) is 2. The van der Waals surface area contributed by atoms with Crippen LogP contribution in [0, 0.1) is 17.0 Å². The summed E-state index contributed by atoms with van der Waals surface area (Å²) in [6, 6.07) is 18.3. The molecule has 0 saturated heterocycles. The molecule has 0 fully saturated rings. The van der Waals surface area contributed by atoms with E-state index >= 15 is 0 Å². The Hall–Kier alpha value is -4.27. The molecule has 2 aromatic carbocycles. The molecule has 2 aromatic heterocycles. The number of benzene rings is 2. The molecule has 2 heterocycles. The van der Waals surface area contributed by atoms with E-state index in [9.17, 15) is 10.1 Å². The highest BCUT2D eigenvalue weighted by molar-refractivity contribution is 5.85. The fraction of sp³-hybridized carbons (Fsp3) is 0.0500. The maximum Gasteiger partial charge on any atom is 0.374 e. The lowest BCUT2D eigenvalue weighted by Gasteiger charge is -2.12. The van der Waals surface area contributed by atoms with Crippen LogP contribution in [-0.2, 0) is 0 Å². The Balaban J connectivity index is 1.69. The smallest absolute Gasteiger partial charge is 0.374 e. The summed E-state index contributed by atoms with van der Waals surface area (Å²) in [7, 11) is 0. The SMILES string of the molecule is Cc1ccc2cccc(Oc3ncnc(NNc4ccccc4)c3[N+](=O)[O-])c2n1. The lowest BCUT2D eigenvalue weighted by molar-refractivity contribution is -0.385. The predicted octanol–water partition coefficient (Wildman–Crippen LogP) is 4.47. The number of hydrogen-bond donors (Lipinski definition) is 2. The van der Waals surface area contributed by atoms with Gasteiger partial charge in [-0.25, -0.2) is 9.97 Å². The number of nitro groups is 1. The number of fused-ring (bicyclic) bond motifs is 1.